The summed E-state index contributed by atoms with van der Waals surface area (Å²) in [5, 5.41) is 4.33. The van der Waals surface area contributed by atoms with Gasteiger partial charge in [0.2, 0.25) is 0 Å². The van der Waals surface area contributed by atoms with Crippen molar-refractivity contribution in [2.24, 2.45) is 0 Å². The van der Waals surface area contributed by atoms with Crippen LogP contribution in [0.25, 0.3) is 111 Å². The number of benzene rings is 7. The number of hydrogen-bond donors (Lipinski definition) is 0. The molecule has 0 saturated carbocycles. The lowest BCUT2D eigenvalue weighted by molar-refractivity contribution is 0.668. The number of nitrogens with zero attached hydrogens (tertiary/aromatic N) is 3. The number of para-hydroxylation sites is 2. The molecule has 4 heterocycles. The fourth-order valence-electron chi connectivity index (χ4n) is 7.82. The van der Waals surface area contributed by atoms with E-state index in [0.29, 0.717) is 5.82 Å². The highest BCUT2D eigenvalue weighted by atomic mass is 16.3. The highest BCUT2D eigenvalue weighted by Gasteiger charge is 2.18. The maximum Gasteiger partial charge on any atom is 0.160 e. The Morgan fingerprint density at radius 1 is 0.304 bits per heavy atom. The Hall–Kier alpha value is -7.63. The molecule has 11 rings (SSSR count). The van der Waals surface area contributed by atoms with Crippen molar-refractivity contribution in [3.63, 3.8) is 0 Å². The van der Waals surface area contributed by atoms with Crippen molar-refractivity contribution < 1.29 is 8.83 Å². The molecule has 7 aromatic carbocycles. The van der Waals surface area contributed by atoms with Gasteiger partial charge < -0.3 is 8.83 Å². The molecule has 0 fully saturated rings. The normalized spacial score (nSPS) is 11.6. The predicted molar refractivity (Wildman–Crippen MR) is 227 cm³/mol. The van der Waals surface area contributed by atoms with Crippen LogP contribution in [0.15, 0.2) is 197 Å². The highest BCUT2D eigenvalue weighted by Crippen LogP contribution is 2.39. The van der Waals surface area contributed by atoms with Gasteiger partial charge in [-0.3, -0.25) is 4.98 Å². The Balaban J connectivity index is 1.15. The monoisotopic (exact) mass is 717 g/mol. The van der Waals surface area contributed by atoms with Gasteiger partial charge in [0.05, 0.1) is 17.1 Å². The molecule has 0 amide bonds. The molecule has 5 nitrogen and oxygen atoms in total. The molecular formula is C51H31N3O2. The second-order valence-electron chi connectivity index (χ2n) is 14.0. The highest BCUT2D eigenvalue weighted by molar-refractivity contribution is 6.07. The second-order valence-corrected chi connectivity index (χ2v) is 14.0. The van der Waals surface area contributed by atoms with E-state index >= 15 is 0 Å². The maximum absolute atomic E-state index is 6.22. The van der Waals surface area contributed by atoms with Crippen LogP contribution < -0.4 is 0 Å². The van der Waals surface area contributed by atoms with Crippen LogP contribution in [0.4, 0.5) is 0 Å². The lowest BCUT2D eigenvalue weighted by Gasteiger charge is -2.14. The van der Waals surface area contributed by atoms with Crippen LogP contribution in [-0.2, 0) is 0 Å². The Morgan fingerprint density at radius 2 is 0.821 bits per heavy atom. The first kappa shape index (κ1) is 31.9. The fourth-order valence-corrected chi connectivity index (χ4v) is 7.82. The summed E-state index contributed by atoms with van der Waals surface area (Å²) in [7, 11) is 0. The summed E-state index contributed by atoms with van der Waals surface area (Å²) in [6.45, 7) is 0. The molecule has 56 heavy (non-hydrogen) atoms. The van der Waals surface area contributed by atoms with Crippen molar-refractivity contribution in [1.82, 2.24) is 15.0 Å². The molecule has 0 aliphatic rings. The first-order valence-corrected chi connectivity index (χ1v) is 18.7. The number of rotatable bonds is 6. The molecule has 0 atom stereocenters. The molecule has 262 valence electrons. The number of aromatic nitrogens is 3. The van der Waals surface area contributed by atoms with Gasteiger partial charge in [0, 0.05) is 50.0 Å². The molecule has 11 aromatic rings. The van der Waals surface area contributed by atoms with Crippen molar-refractivity contribution in [3.8, 4) is 67.4 Å². The third-order valence-corrected chi connectivity index (χ3v) is 10.6. The first-order valence-electron chi connectivity index (χ1n) is 18.7. The standard InChI is InChI=1S/C51H31N3O2/c1-2-12-32(13-3-1)45-31-46(39-15-5-4-14-38(39)44-18-10-11-25-52-44)54-51(53-45)37-27-35(33-21-23-49-42(29-33)40-16-6-8-19-47(40)55-49)26-36(28-37)34-22-24-50-43(30-34)41-17-7-9-20-48(41)56-50/h1-31H. The van der Waals surface area contributed by atoms with E-state index in [1.807, 2.05) is 72.9 Å². The van der Waals surface area contributed by atoms with Gasteiger partial charge in [-0.1, -0.05) is 109 Å². The van der Waals surface area contributed by atoms with E-state index in [9.17, 15) is 0 Å². The van der Waals surface area contributed by atoms with E-state index in [-0.39, 0.29) is 0 Å². The summed E-state index contributed by atoms with van der Waals surface area (Å²) >= 11 is 0. The Morgan fingerprint density at radius 3 is 1.45 bits per heavy atom. The molecule has 0 saturated heterocycles. The molecule has 5 heteroatoms. The quantitative estimate of drug-likeness (QED) is 0.171. The zero-order chi connectivity index (χ0) is 37.0. The van der Waals surface area contributed by atoms with Gasteiger partial charge in [0.15, 0.2) is 5.82 Å². The second kappa shape index (κ2) is 13.0. The lowest BCUT2D eigenvalue weighted by Crippen LogP contribution is -1.98. The van der Waals surface area contributed by atoms with Gasteiger partial charge in [0.1, 0.15) is 22.3 Å². The number of hydrogen-bond acceptors (Lipinski definition) is 5. The summed E-state index contributed by atoms with van der Waals surface area (Å²) in [4.78, 5) is 15.3. The van der Waals surface area contributed by atoms with E-state index in [2.05, 4.69) is 115 Å². The molecule has 0 radical (unpaired) electrons. The van der Waals surface area contributed by atoms with Gasteiger partial charge in [-0.15, -0.1) is 0 Å². The van der Waals surface area contributed by atoms with Crippen LogP contribution in [0.2, 0.25) is 0 Å². The minimum Gasteiger partial charge on any atom is -0.456 e. The van der Waals surface area contributed by atoms with Crippen LogP contribution in [0.3, 0.4) is 0 Å². The molecule has 4 aromatic heterocycles. The van der Waals surface area contributed by atoms with Crippen LogP contribution in [0.5, 0.6) is 0 Å². The summed E-state index contributed by atoms with van der Waals surface area (Å²) in [6.07, 6.45) is 1.83. The van der Waals surface area contributed by atoms with Crippen molar-refractivity contribution in [3.05, 3.63) is 188 Å². The third-order valence-electron chi connectivity index (χ3n) is 10.6. The Labute approximate surface area is 322 Å². The van der Waals surface area contributed by atoms with Gasteiger partial charge in [-0.05, 0) is 95.1 Å². The minimum atomic E-state index is 0.630. The van der Waals surface area contributed by atoms with E-state index in [0.717, 1.165) is 105 Å². The third kappa shape index (κ3) is 5.53. The van der Waals surface area contributed by atoms with Crippen molar-refractivity contribution in [2.45, 2.75) is 0 Å². The Bertz CT molecular complexity index is 3120. The van der Waals surface area contributed by atoms with E-state index in [1.54, 1.807) is 0 Å². The first-order chi connectivity index (χ1) is 27.7. The zero-order valence-electron chi connectivity index (χ0n) is 30.1. The summed E-state index contributed by atoms with van der Waals surface area (Å²) in [6, 6.07) is 62.6. The van der Waals surface area contributed by atoms with Crippen LogP contribution >= 0.6 is 0 Å². The summed E-state index contributed by atoms with van der Waals surface area (Å²) in [5.74, 6) is 0.630. The summed E-state index contributed by atoms with van der Waals surface area (Å²) in [5.41, 5.74) is 14.2. The largest absolute Gasteiger partial charge is 0.456 e. The fraction of sp³-hybridized carbons (Fsp3) is 0. The SMILES string of the molecule is c1ccc(-c2cc(-c3ccccc3-c3ccccn3)nc(-c3cc(-c4ccc5oc6ccccc6c5c4)cc(-c4ccc5oc6ccccc6c5c4)c3)n2)cc1. The van der Waals surface area contributed by atoms with Crippen LogP contribution in [0, 0.1) is 0 Å². The van der Waals surface area contributed by atoms with Crippen molar-refractivity contribution in [1.29, 1.82) is 0 Å². The average molecular weight is 718 g/mol. The number of fused-ring (bicyclic) bond motifs is 6. The van der Waals surface area contributed by atoms with Crippen LogP contribution in [-0.4, -0.2) is 15.0 Å². The topological polar surface area (TPSA) is 65.0 Å². The summed E-state index contributed by atoms with van der Waals surface area (Å²) < 4.78 is 12.4. The Kier molecular flexibility index (Phi) is 7.42. The van der Waals surface area contributed by atoms with Gasteiger partial charge in [-0.25, -0.2) is 9.97 Å². The smallest absolute Gasteiger partial charge is 0.160 e. The van der Waals surface area contributed by atoms with Crippen molar-refractivity contribution >= 4 is 43.9 Å². The average Bonchev–Trinajstić information content (AvgIpc) is 3.84. The molecule has 0 aliphatic heterocycles. The molecule has 0 N–H and O–H groups in total. The zero-order valence-corrected chi connectivity index (χ0v) is 30.1. The maximum atomic E-state index is 6.22. The molecular weight excluding hydrogens is 687 g/mol. The molecule has 0 unspecified atom stereocenters. The minimum absolute atomic E-state index is 0.630. The van der Waals surface area contributed by atoms with Crippen LogP contribution in [0.1, 0.15) is 0 Å². The molecule has 0 spiro atoms. The predicted octanol–water partition coefficient (Wildman–Crippen LogP) is 13.7. The van der Waals surface area contributed by atoms with Gasteiger partial charge >= 0.3 is 0 Å². The number of furan rings is 2. The van der Waals surface area contributed by atoms with Gasteiger partial charge in [-0.2, -0.15) is 0 Å². The lowest BCUT2D eigenvalue weighted by atomic mass is 9.94. The molecule has 0 aliphatic carbocycles. The van der Waals surface area contributed by atoms with Crippen molar-refractivity contribution in [2.75, 3.05) is 0 Å². The number of pyridine rings is 1. The molecule has 0 bridgehead atoms. The van der Waals surface area contributed by atoms with E-state index in [4.69, 9.17) is 23.8 Å². The van der Waals surface area contributed by atoms with E-state index in [1.165, 1.54) is 0 Å². The van der Waals surface area contributed by atoms with E-state index < -0.39 is 0 Å². The van der Waals surface area contributed by atoms with Gasteiger partial charge in [0.25, 0.3) is 0 Å².